The van der Waals surface area contributed by atoms with E-state index in [1.54, 1.807) is 18.2 Å². The van der Waals surface area contributed by atoms with Gasteiger partial charge in [0.05, 0.1) is 18.3 Å². The summed E-state index contributed by atoms with van der Waals surface area (Å²) in [6.07, 6.45) is -0.765. The van der Waals surface area contributed by atoms with E-state index in [1.807, 2.05) is 6.07 Å². The Bertz CT molecular complexity index is 831. The van der Waals surface area contributed by atoms with Gasteiger partial charge >= 0.3 is 5.69 Å². The van der Waals surface area contributed by atoms with Gasteiger partial charge in [-0.1, -0.05) is 28.1 Å². The minimum absolute atomic E-state index is 0.162. The summed E-state index contributed by atoms with van der Waals surface area (Å²) in [6, 6.07) is 7.13. The zero-order chi connectivity index (χ0) is 16.6. The predicted octanol–water partition coefficient (Wildman–Crippen LogP) is 0.607. The van der Waals surface area contributed by atoms with Gasteiger partial charge in [-0.05, 0) is 17.7 Å². The van der Waals surface area contributed by atoms with E-state index in [2.05, 4.69) is 20.9 Å². The maximum Gasteiger partial charge on any atom is 0.330 e. The number of aromatic nitrogens is 2. The SMILES string of the molecule is O=c1[nH]c(=O)n([C@H]2C[C@H](O)[C@@H](CO)O2)cc1-c1cccc(Br)c1. The van der Waals surface area contributed by atoms with E-state index < -0.39 is 29.7 Å². The Morgan fingerprint density at radius 2 is 2.17 bits per heavy atom. The van der Waals surface area contributed by atoms with Gasteiger partial charge in [0.2, 0.25) is 0 Å². The molecule has 1 saturated heterocycles. The van der Waals surface area contributed by atoms with E-state index in [9.17, 15) is 14.7 Å². The Morgan fingerprint density at radius 1 is 1.39 bits per heavy atom. The van der Waals surface area contributed by atoms with Crippen molar-refractivity contribution in [3.05, 3.63) is 55.8 Å². The van der Waals surface area contributed by atoms with Gasteiger partial charge in [0, 0.05) is 17.1 Å². The number of hydrogen-bond acceptors (Lipinski definition) is 5. The second-order valence-electron chi connectivity index (χ2n) is 5.33. The maximum absolute atomic E-state index is 12.1. The molecule has 3 rings (SSSR count). The monoisotopic (exact) mass is 382 g/mol. The Kier molecular flexibility index (Phi) is 4.49. The predicted molar refractivity (Wildman–Crippen MR) is 86.1 cm³/mol. The van der Waals surface area contributed by atoms with Crippen LogP contribution in [0.1, 0.15) is 12.6 Å². The molecule has 3 N–H and O–H groups in total. The highest BCUT2D eigenvalue weighted by molar-refractivity contribution is 9.10. The molecule has 1 aliphatic rings. The average molecular weight is 383 g/mol. The lowest BCUT2D eigenvalue weighted by atomic mass is 10.1. The fourth-order valence-electron chi connectivity index (χ4n) is 2.61. The third-order valence-corrected chi connectivity index (χ3v) is 4.29. The van der Waals surface area contributed by atoms with E-state index in [-0.39, 0.29) is 13.0 Å². The van der Waals surface area contributed by atoms with Gasteiger partial charge in [-0.2, -0.15) is 0 Å². The number of aromatic amines is 1. The molecule has 2 aromatic rings. The first kappa shape index (κ1) is 16.1. The van der Waals surface area contributed by atoms with Crippen LogP contribution in [0.4, 0.5) is 0 Å². The van der Waals surface area contributed by atoms with Crippen molar-refractivity contribution in [2.75, 3.05) is 6.61 Å². The molecule has 0 spiro atoms. The van der Waals surface area contributed by atoms with E-state index in [4.69, 9.17) is 9.84 Å². The number of H-pyrrole nitrogens is 1. The number of ether oxygens (including phenoxy) is 1. The van der Waals surface area contributed by atoms with Gasteiger partial charge in [-0.3, -0.25) is 14.3 Å². The molecule has 122 valence electrons. The highest BCUT2D eigenvalue weighted by Crippen LogP contribution is 2.28. The summed E-state index contributed by atoms with van der Waals surface area (Å²) in [5, 5.41) is 19.0. The Morgan fingerprint density at radius 3 is 2.83 bits per heavy atom. The molecule has 0 bridgehead atoms. The van der Waals surface area contributed by atoms with Crippen molar-refractivity contribution in [2.24, 2.45) is 0 Å². The van der Waals surface area contributed by atoms with Crippen molar-refractivity contribution >= 4 is 15.9 Å². The molecule has 1 fully saturated rings. The first-order chi connectivity index (χ1) is 11.0. The number of benzene rings is 1. The van der Waals surface area contributed by atoms with E-state index in [0.717, 1.165) is 4.47 Å². The molecule has 7 nitrogen and oxygen atoms in total. The topological polar surface area (TPSA) is 105 Å². The Balaban J connectivity index is 2.05. The molecule has 0 unspecified atom stereocenters. The summed E-state index contributed by atoms with van der Waals surface area (Å²) in [5.74, 6) is 0. The summed E-state index contributed by atoms with van der Waals surface area (Å²) in [5.41, 5.74) is -0.158. The molecule has 0 radical (unpaired) electrons. The molecule has 1 aliphatic heterocycles. The van der Waals surface area contributed by atoms with Crippen LogP contribution >= 0.6 is 15.9 Å². The van der Waals surface area contributed by atoms with Crippen molar-refractivity contribution in [1.82, 2.24) is 9.55 Å². The average Bonchev–Trinajstić information content (AvgIpc) is 2.88. The van der Waals surface area contributed by atoms with Crippen molar-refractivity contribution in [3.63, 3.8) is 0 Å². The zero-order valence-corrected chi connectivity index (χ0v) is 13.6. The lowest BCUT2D eigenvalue weighted by molar-refractivity contribution is -0.0458. The number of nitrogens with zero attached hydrogens (tertiary/aromatic N) is 1. The first-order valence-corrected chi connectivity index (χ1v) is 7.84. The van der Waals surface area contributed by atoms with Crippen molar-refractivity contribution < 1.29 is 14.9 Å². The summed E-state index contributed by atoms with van der Waals surface area (Å²) < 4.78 is 7.51. The zero-order valence-electron chi connectivity index (χ0n) is 12.0. The lowest BCUT2D eigenvalue weighted by Gasteiger charge is -2.15. The van der Waals surface area contributed by atoms with E-state index in [1.165, 1.54) is 10.8 Å². The highest BCUT2D eigenvalue weighted by atomic mass is 79.9. The summed E-state index contributed by atoms with van der Waals surface area (Å²) in [4.78, 5) is 26.4. The lowest BCUT2D eigenvalue weighted by Crippen LogP contribution is -2.33. The van der Waals surface area contributed by atoms with Crippen LogP contribution in [-0.4, -0.2) is 38.6 Å². The summed E-state index contributed by atoms with van der Waals surface area (Å²) in [7, 11) is 0. The normalized spacial score (nSPS) is 24.0. The quantitative estimate of drug-likeness (QED) is 0.721. The summed E-state index contributed by atoms with van der Waals surface area (Å²) >= 11 is 3.34. The van der Waals surface area contributed by atoms with Crippen LogP contribution in [0.2, 0.25) is 0 Å². The third-order valence-electron chi connectivity index (χ3n) is 3.80. The highest BCUT2D eigenvalue weighted by Gasteiger charge is 2.35. The molecular weight excluding hydrogens is 368 g/mol. The van der Waals surface area contributed by atoms with Crippen LogP contribution < -0.4 is 11.2 Å². The van der Waals surface area contributed by atoms with Gasteiger partial charge in [-0.15, -0.1) is 0 Å². The van der Waals surface area contributed by atoms with Crippen LogP contribution in [0.25, 0.3) is 11.1 Å². The maximum atomic E-state index is 12.1. The fraction of sp³-hybridized carbons (Fsp3) is 0.333. The van der Waals surface area contributed by atoms with Gasteiger partial charge < -0.3 is 14.9 Å². The number of nitrogens with one attached hydrogen (secondary N) is 1. The van der Waals surface area contributed by atoms with Gasteiger partial charge in [0.15, 0.2) is 0 Å². The largest absolute Gasteiger partial charge is 0.394 e. The minimum atomic E-state index is -0.863. The Labute approximate surface area is 139 Å². The van der Waals surface area contributed by atoms with Crippen molar-refractivity contribution in [2.45, 2.75) is 24.9 Å². The molecule has 1 aromatic heterocycles. The van der Waals surface area contributed by atoms with E-state index in [0.29, 0.717) is 11.1 Å². The van der Waals surface area contributed by atoms with Gasteiger partial charge in [0.25, 0.3) is 5.56 Å². The molecule has 8 heteroatoms. The Hall–Kier alpha value is -1.74. The second-order valence-corrected chi connectivity index (χ2v) is 6.25. The van der Waals surface area contributed by atoms with Crippen LogP contribution in [0.5, 0.6) is 0 Å². The van der Waals surface area contributed by atoms with E-state index >= 15 is 0 Å². The molecule has 0 saturated carbocycles. The smallest absolute Gasteiger partial charge is 0.330 e. The minimum Gasteiger partial charge on any atom is -0.394 e. The summed E-state index contributed by atoms with van der Waals surface area (Å²) in [6.45, 7) is -0.339. The van der Waals surface area contributed by atoms with Crippen molar-refractivity contribution in [1.29, 1.82) is 0 Å². The van der Waals surface area contributed by atoms with Crippen LogP contribution in [-0.2, 0) is 4.74 Å². The third kappa shape index (κ3) is 3.16. The number of aliphatic hydroxyl groups is 2. The molecule has 0 aliphatic carbocycles. The molecule has 3 atom stereocenters. The number of halogens is 1. The van der Waals surface area contributed by atoms with Crippen LogP contribution in [0, 0.1) is 0 Å². The number of aliphatic hydroxyl groups excluding tert-OH is 2. The molecule has 0 amide bonds. The molecule has 23 heavy (non-hydrogen) atoms. The fourth-order valence-corrected chi connectivity index (χ4v) is 3.01. The van der Waals surface area contributed by atoms with Crippen molar-refractivity contribution in [3.8, 4) is 11.1 Å². The molecule has 1 aromatic carbocycles. The van der Waals surface area contributed by atoms with Crippen LogP contribution in [0.3, 0.4) is 0 Å². The van der Waals surface area contributed by atoms with Gasteiger partial charge in [0.1, 0.15) is 12.3 Å². The van der Waals surface area contributed by atoms with Crippen LogP contribution in [0.15, 0.2) is 44.5 Å². The first-order valence-electron chi connectivity index (χ1n) is 7.05. The second kappa shape index (κ2) is 6.40. The molecular formula is C15H15BrN2O5. The standard InChI is InChI=1S/C15H15BrN2O5/c16-9-3-1-2-8(4-9)10-6-18(15(22)17-14(10)21)13-5-11(20)12(7-19)23-13/h1-4,6,11-13,19-20H,5,7H2,(H,17,21,22)/t11-,12+,13+/m0/s1. The van der Waals surface area contributed by atoms with Gasteiger partial charge in [-0.25, -0.2) is 4.79 Å². The number of hydrogen-bond donors (Lipinski definition) is 3. The molecule has 2 heterocycles. The number of rotatable bonds is 3.